The molecule has 2 aliphatic rings. The molecule has 0 aliphatic carbocycles. The maximum absolute atomic E-state index is 9.90. The molecule has 6 nitrogen and oxygen atoms in total. The Morgan fingerprint density at radius 2 is 1.44 bits per heavy atom. The average Bonchev–Trinajstić information content (AvgIpc) is 2.63. The van der Waals surface area contributed by atoms with Gasteiger partial charge in [-0.05, 0) is 34.1 Å². The van der Waals surface area contributed by atoms with Crippen LogP contribution in [0.5, 0.6) is 0 Å². The molecule has 2 rings (SSSR count). The summed E-state index contributed by atoms with van der Waals surface area (Å²) in [7, 11) is 0. The maximum Gasteiger partial charge on any atom is 0.187 e. The summed E-state index contributed by atoms with van der Waals surface area (Å²) in [4.78, 5) is 0. The molecular formula is C12H22O6. The second kappa shape index (κ2) is 4.70. The highest BCUT2D eigenvalue weighted by Crippen LogP contribution is 2.38. The summed E-state index contributed by atoms with van der Waals surface area (Å²) >= 11 is 0. The van der Waals surface area contributed by atoms with Gasteiger partial charge in [-0.15, -0.1) is 0 Å². The molecule has 4 atom stereocenters. The van der Waals surface area contributed by atoms with Crippen molar-refractivity contribution in [1.29, 1.82) is 0 Å². The number of hydrogen-bond donors (Lipinski definition) is 2. The standard InChI is InChI=1S/C12H22O6/c1-11(2)15-7(5-6-13)8(16-11)9-10(14)18-12(3,4)17-9/h7-10,13-14H,5-6H2,1-4H3. The third-order valence-electron chi connectivity index (χ3n) is 3.06. The third-order valence-corrected chi connectivity index (χ3v) is 3.06. The van der Waals surface area contributed by atoms with E-state index in [0.717, 1.165) is 0 Å². The van der Waals surface area contributed by atoms with Crippen LogP contribution in [0.25, 0.3) is 0 Å². The van der Waals surface area contributed by atoms with Crippen LogP contribution in [0.4, 0.5) is 0 Å². The second-order valence-corrected chi connectivity index (χ2v) is 5.64. The van der Waals surface area contributed by atoms with Crippen molar-refractivity contribution < 1.29 is 29.2 Å². The fraction of sp³-hybridized carbons (Fsp3) is 1.00. The van der Waals surface area contributed by atoms with E-state index in [1.54, 1.807) is 27.7 Å². The van der Waals surface area contributed by atoms with E-state index in [9.17, 15) is 5.11 Å². The van der Waals surface area contributed by atoms with E-state index in [0.29, 0.717) is 6.42 Å². The van der Waals surface area contributed by atoms with Crippen LogP contribution in [0.15, 0.2) is 0 Å². The summed E-state index contributed by atoms with van der Waals surface area (Å²) in [6, 6.07) is 0. The van der Waals surface area contributed by atoms with Crippen LogP contribution in [0.1, 0.15) is 34.1 Å². The normalized spacial score (nSPS) is 42.3. The molecule has 18 heavy (non-hydrogen) atoms. The Kier molecular flexibility index (Phi) is 3.70. The van der Waals surface area contributed by atoms with E-state index in [1.807, 2.05) is 0 Å². The molecule has 2 saturated heterocycles. The summed E-state index contributed by atoms with van der Waals surface area (Å²) in [5.74, 6) is -1.59. The van der Waals surface area contributed by atoms with E-state index in [-0.39, 0.29) is 12.7 Å². The lowest BCUT2D eigenvalue weighted by atomic mass is 10.1. The van der Waals surface area contributed by atoms with E-state index < -0.39 is 30.1 Å². The monoisotopic (exact) mass is 262 g/mol. The van der Waals surface area contributed by atoms with E-state index in [4.69, 9.17) is 24.1 Å². The first-order chi connectivity index (χ1) is 8.24. The number of hydrogen-bond acceptors (Lipinski definition) is 6. The van der Waals surface area contributed by atoms with Gasteiger partial charge < -0.3 is 29.2 Å². The predicted molar refractivity (Wildman–Crippen MR) is 61.6 cm³/mol. The fourth-order valence-electron chi connectivity index (χ4n) is 2.49. The van der Waals surface area contributed by atoms with Gasteiger partial charge in [-0.25, -0.2) is 0 Å². The van der Waals surface area contributed by atoms with Gasteiger partial charge in [0.25, 0.3) is 0 Å². The predicted octanol–water partition coefficient (Wildman–Crippen LogP) is 0.359. The first kappa shape index (κ1) is 14.2. The molecule has 0 aromatic heterocycles. The van der Waals surface area contributed by atoms with Crippen molar-refractivity contribution in [1.82, 2.24) is 0 Å². The van der Waals surface area contributed by atoms with E-state index >= 15 is 0 Å². The quantitative estimate of drug-likeness (QED) is 0.764. The molecule has 0 radical (unpaired) electrons. The minimum atomic E-state index is -1.05. The molecule has 0 saturated carbocycles. The SMILES string of the molecule is CC1(C)OC(O)C(C2OC(C)(C)OC2CCO)O1. The Balaban J connectivity index is 2.11. The maximum atomic E-state index is 9.90. The zero-order valence-electron chi connectivity index (χ0n) is 11.3. The van der Waals surface area contributed by atoms with Crippen LogP contribution in [0.3, 0.4) is 0 Å². The average molecular weight is 262 g/mol. The molecule has 2 aliphatic heterocycles. The Labute approximate surface area is 107 Å². The molecule has 0 bridgehead atoms. The van der Waals surface area contributed by atoms with Crippen LogP contribution < -0.4 is 0 Å². The topological polar surface area (TPSA) is 77.4 Å². The Hall–Kier alpha value is -0.240. The van der Waals surface area contributed by atoms with E-state index in [2.05, 4.69) is 0 Å². The summed E-state index contributed by atoms with van der Waals surface area (Å²) in [5, 5.41) is 19.0. The fourth-order valence-corrected chi connectivity index (χ4v) is 2.49. The van der Waals surface area contributed by atoms with Crippen molar-refractivity contribution in [3.8, 4) is 0 Å². The smallest absolute Gasteiger partial charge is 0.187 e. The van der Waals surface area contributed by atoms with Gasteiger partial charge in [0.15, 0.2) is 17.9 Å². The van der Waals surface area contributed by atoms with Gasteiger partial charge in [-0.3, -0.25) is 0 Å². The summed E-state index contributed by atoms with van der Waals surface area (Å²) in [6.45, 7) is 7.06. The number of aliphatic hydroxyl groups excluding tert-OH is 2. The first-order valence-corrected chi connectivity index (χ1v) is 6.24. The molecule has 2 N–H and O–H groups in total. The molecule has 106 valence electrons. The van der Waals surface area contributed by atoms with Gasteiger partial charge in [0.1, 0.15) is 12.2 Å². The molecular weight excluding hydrogens is 240 g/mol. The molecule has 2 fully saturated rings. The lowest BCUT2D eigenvalue weighted by Gasteiger charge is -2.24. The Bertz CT molecular complexity index is 303. The molecule has 0 amide bonds. The molecule has 0 aromatic rings. The minimum Gasteiger partial charge on any atom is -0.396 e. The highest BCUT2D eigenvalue weighted by Gasteiger charge is 2.53. The largest absolute Gasteiger partial charge is 0.396 e. The second-order valence-electron chi connectivity index (χ2n) is 5.64. The highest BCUT2D eigenvalue weighted by atomic mass is 16.8. The number of aliphatic hydroxyl groups is 2. The van der Waals surface area contributed by atoms with Crippen LogP contribution in [0.2, 0.25) is 0 Å². The number of rotatable bonds is 3. The van der Waals surface area contributed by atoms with Crippen LogP contribution in [0, 0.1) is 0 Å². The lowest BCUT2D eigenvalue weighted by molar-refractivity contribution is -0.179. The molecule has 2 heterocycles. The zero-order chi connectivity index (χ0) is 13.6. The summed E-state index contributed by atoms with van der Waals surface area (Å²) in [6.07, 6.45) is -2.01. The Morgan fingerprint density at radius 1 is 0.889 bits per heavy atom. The Morgan fingerprint density at radius 3 is 1.94 bits per heavy atom. The van der Waals surface area contributed by atoms with Crippen LogP contribution >= 0.6 is 0 Å². The van der Waals surface area contributed by atoms with Crippen molar-refractivity contribution >= 4 is 0 Å². The zero-order valence-corrected chi connectivity index (χ0v) is 11.3. The van der Waals surface area contributed by atoms with E-state index in [1.165, 1.54) is 0 Å². The van der Waals surface area contributed by atoms with Gasteiger partial charge in [0.2, 0.25) is 0 Å². The summed E-state index contributed by atoms with van der Waals surface area (Å²) < 4.78 is 22.4. The van der Waals surface area contributed by atoms with Crippen molar-refractivity contribution in [2.45, 2.75) is 70.3 Å². The lowest BCUT2D eigenvalue weighted by Crippen LogP contribution is -2.42. The number of ether oxygens (including phenoxy) is 4. The minimum absolute atomic E-state index is 0.00628. The van der Waals surface area contributed by atoms with Gasteiger partial charge in [-0.2, -0.15) is 0 Å². The van der Waals surface area contributed by atoms with Crippen LogP contribution in [-0.4, -0.2) is 53.0 Å². The molecule has 4 unspecified atom stereocenters. The van der Waals surface area contributed by atoms with Crippen LogP contribution in [-0.2, 0) is 18.9 Å². The van der Waals surface area contributed by atoms with Crippen molar-refractivity contribution in [3.05, 3.63) is 0 Å². The molecule has 0 aromatic carbocycles. The van der Waals surface area contributed by atoms with Crippen molar-refractivity contribution in [2.24, 2.45) is 0 Å². The first-order valence-electron chi connectivity index (χ1n) is 6.24. The van der Waals surface area contributed by atoms with Gasteiger partial charge >= 0.3 is 0 Å². The van der Waals surface area contributed by atoms with Crippen molar-refractivity contribution in [2.75, 3.05) is 6.61 Å². The summed E-state index contributed by atoms with van der Waals surface area (Å²) in [5.41, 5.74) is 0. The van der Waals surface area contributed by atoms with Gasteiger partial charge in [0.05, 0.1) is 6.10 Å². The van der Waals surface area contributed by atoms with Gasteiger partial charge in [-0.1, -0.05) is 0 Å². The molecule has 6 heteroatoms. The van der Waals surface area contributed by atoms with Gasteiger partial charge in [0, 0.05) is 6.61 Å². The third kappa shape index (κ3) is 2.84. The van der Waals surface area contributed by atoms with Crippen molar-refractivity contribution in [3.63, 3.8) is 0 Å². The molecule has 0 spiro atoms. The highest BCUT2D eigenvalue weighted by molar-refractivity contribution is 4.91.